The van der Waals surface area contributed by atoms with Crippen LogP contribution in [0.25, 0.3) is 0 Å². The molecule has 1 fully saturated rings. The molecule has 3 nitrogen and oxygen atoms in total. The number of aromatic nitrogens is 1. The lowest BCUT2D eigenvalue weighted by atomic mass is 10.0. The van der Waals surface area contributed by atoms with Gasteiger partial charge < -0.3 is 4.74 Å². The summed E-state index contributed by atoms with van der Waals surface area (Å²) in [5.41, 5.74) is 2.19. The van der Waals surface area contributed by atoms with Gasteiger partial charge in [0.15, 0.2) is 6.23 Å². The SMILES string of the molecule is C[C@H]1[C@@H](c2ccccc2)O[C@@H](c2ccccn2)N1C. The fraction of sp³-hybridized carbons (Fsp3) is 0.312. The first-order valence-electron chi connectivity index (χ1n) is 6.60. The maximum absolute atomic E-state index is 6.22. The standard InChI is InChI=1S/C16H18N2O/c1-12-15(13-8-4-3-5-9-13)19-16(18(12)2)14-10-6-7-11-17-14/h3-12,15-16H,1-2H3/t12-,15-,16-/m0/s1. The second-order valence-electron chi connectivity index (χ2n) is 4.98. The number of rotatable bonds is 2. The molecule has 0 spiro atoms. The van der Waals surface area contributed by atoms with E-state index in [4.69, 9.17) is 4.74 Å². The Morgan fingerprint density at radius 2 is 1.79 bits per heavy atom. The molecule has 3 rings (SSSR count). The van der Waals surface area contributed by atoms with Crippen molar-refractivity contribution < 1.29 is 4.74 Å². The highest BCUT2D eigenvalue weighted by Gasteiger charge is 2.39. The van der Waals surface area contributed by atoms with Crippen LogP contribution in [0.1, 0.15) is 30.5 Å². The molecule has 19 heavy (non-hydrogen) atoms. The molecular weight excluding hydrogens is 236 g/mol. The molecule has 3 heteroatoms. The van der Waals surface area contributed by atoms with Crippen LogP contribution >= 0.6 is 0 Å². The molecule has 1 aliphatic rings. The maximum atomic E-state index is 6.22. The summed E-state index contributed by atoms with van der Waals surface area (Å²) in [5, 5.41) is 0. The Balaban J connectivity index is 1.88. The van der Waals surface area contributed by atoms with Crippen molar-refractivity contribution in [2.45, 2.75) is 25.3 Å². The van der Waals surface area contributed by atoms with Crippen molar-refractivity contribution in [3.63, 3.8) is 0 Å². The molecule has 3 atom stereocenters. The number of hydrogen-bond donors (Lipinski definition) is 0. The minimum Gasteiger partial charge on any atom is -0.348 e. The third-order valence-electron chi connectivity index (χ3n) is 3.79. The molecule has 98 valence electrons. The van der Waals surface area contributed by atoms with Gasteiger partial charge in [-0.1, -0.05) is 36.4 Å². The molecule has 0 amide bonds. The Morgan fingerprint density at radius 3 is 2.47 bits per heavy atom. The number of hydrogen-bond acceptors (Lipinski definition) is 3. The number of nitrogens with zero attached hydrogens (tertiary/aromatic N) is 2. The lowest BCUT2D eigenvalue weighted by molar-refractivity contribution is 0.00270. The Hall–Kier alpha value is -1.71. The van der Waals surface area contributed by atoms with Crippen LogP contribution in [0.4, 0.5) is 0 Å². The van der Waals surface area contributed by atoms with Gasteiger partial charge in [0, 0.05) is 12.2 Å². The molecular formula is C16H18N2O. The summed E-state index contributed by atoms with van der Waals surface area (Å²) in [5.74, 6) is 0. The van der Waals surface area contributed by atoms with Gasteiger partial charge >= 0.3 is 0 Å². The van der Waals surface area contributed by atoms with Crippen molar-refractivity contribution in [1.82, 2.24) is 9.88 Å². The Kier molecular flexibility index (Phi) is 3.32. The van der Waals surface area contributed by atoms with Crippen LogP contribution < -0.4 is 0 Å². The molecule has 0 saturated carbocycles. The predicted molar refractivity (Wildman–Crippen MR) is 74.5 cm³/mol. The van der Waals surface area contributed by atoms with Crippen molar-refractivity contribution >= 4 is 0 Å². The zero-order chi connectivity index (χ0) is 13.2. The van der Waals surface area contributed by atoms with Crippen molar-refractivity contribution in [3.8, 4) is 0 Å². The van der Waals surface area contributed by atoms with Crippen molar-refractivity contribution in [1.29, 1.82) is 0 Å². The van der Waals surface area contributed by atoms with Gasteiger partial charge in [0.1, 0.15) is 6.10 Å². The van der Waals surface area contributed by atoms with Crippen molar-refractivity contribution in [2.75, 3.05) is 7.05 Å². The van der Waals surface area contributed by atoms with Crippen LogP contribution in [0.2, 0.25) is 0 Å². The zero-order valence-corrected chi connectivity index (χ0v) is 11.2. The van der Waals surface area contributed by atoms with Crippen molar-refractivity contribution in [2.24, 2.45) is 0 Å². The topological polar surface area (TPSA) is 25.4 Å². The first kappa shape index (κ1) is 12.3. The first-order valence-corrected chi connectivity index (χ1v) is 6.60. The normalized spacial score (nSPS) is 27.6. The molecule has 1 saturated heterocycles. The van der Waals surface area contributed by atoms with E-state index in [1.54, 1.807) is 0 Å². The maximum Gasteiger partial charge on any atom is 0.154 e. The molecule has 0 unspecified atom stereocenters. The average Bonchev–Trinajstić information content (AvgIpc) is 2.77. The summed E-state index contributed by atoms with van der Waals surface area (Å²) >= 11 is 0. The monoisotopic (exact) mass is 254 g/mol. The van der Waals surface area contributed by atoms with Gasteiger partial charge in [-0.25, -0.2) is 0 Å². The second-order valence-corrected chi connectivity index (χ2v) is 4.98. The van der Waals surface area contributed by atoms with Crippen LogP contribution in [-0.4, -0.2) is 23.0 Å². The van der Waals surface area contributed by atoms with Crippen LogP contribution in [0, 0.1) is 0 Å². The van der Waals surface area contributed by atoms with Gasteiger partial charge in [-0.15, -0.1) is 0 Å². The number of pyridine rings is 1. The Morgan fingerprint density at radius 1 is 1.05 bits per heavy atom. The minimum atomic E-state index is -0.0681. The summed E-state index contributed by atoms with van der Waals surface area (Å²) in [7, 11) is 2.09. The fourth-order valence-corrected chi connectivity index (χ4v) is 2.58. The summed E-state index contributed by atoms with van der Waals surface area (Å²) in [4.78, 5) is 6.64. The van der Waals surface area contributed by atoms with Crippen LogP contribution in [0.3, 0.4) is 0 Å². The van der Waals surface area contributed by atoms with Gasteiger partial charge in [0.05, 0.1) is 5.69 Å². The largest absolute Gasteiger partial charge is 0.348 e. The van der Waals surface area contributed by atoms with E-state index in [-0.39, 0.29) is 12.3 Å². The highest BCUT2D eigenvalue weighted by Crippen LogP contribution is 2.40. The molecule has 0 N–H and O–H groups in total. The van der Waals surface area contributed by atoms with Crippen molar-refractivity contribution in [3.05, 3.63) is 66.0 Å². The lowest BCUT2D eigenvalue weighted by Gasteiger charge is -2.20. The van der Waals surface area contributed by atoms with Gasteiger partial charge in [0.25, 0.3) is 0 Å². The van der Waals surface area contributed by atoms with Gasteiger partial charge in [-0.05, 0) is 31.7 Å². The molecule has 1 aliphatic heterocycles. The third-order valence-corrected chi connectivity index (χ3v) is 3.79. The van der Waals surface area contributed by atoms with Crippen LogP contribution in [-0.2, 0) is 4.74 Å². The predicted octanol–water partition coefficient (Wildman–Crippen LogP) is 3.17. The number of benzene rings is 1. The Bertz CT molecular complexity index is 479. The number of likely N-dealkylation sites (N-methyl/N-ethyl adjacent to an activating group) is 1. The lowest BCUT2D eigenvalue weighted by Crippen LogP contribution is -2.27. The van der Waals surface area contributed by atoms with E-state index in [9.17, 15) is 0 Å². The van der Waals surface area contributed by atoms with E-state index >= 15 is 0 Å². The van der Waals surface area contributed by atoms with Gasteiger partial charge in [-0.2, -0.15) is 0 Å². The van der Waals surface area contributed by atoms with Gasteiger partial charge in [0.2, 0.25) is 0 Å². The molecule has 0 radical (unpaired) electrons. The van der Waals surface area contributed by atoms with E-state index in [0.29, 0.717) is 6.04 Å². The fourth-order valence-electron chi connectivity index (χ4n) is 2.58. The van der Waals surface area contributed by atoms with E-state index in [0.717, 1.165) is 5.69 Å². The molecule has 0 aliphatic carbocycles. The second kappa shape index (κ2) is 5.11. The Labute approximate surface area is 113 Å². The quantitative estimate of drug-likeness (QED) is 0.823. The summed E-state index contributed by atoms with van der Waals surface area (Å²) in [6, 6.07) is 16.7. The average molecular weight is 254 g/mol. The summed E-state index contributed by atoms with van der Waals surface area (Å²) in [6.45, 7) is 2.20. The van der Waals surface area contributed by atoms with E-state index < -0.39 is 0 Å². The minimum absolute atomic E-state index is 0.0681. The highest BCUT2D eigenvalue weighted by atomic mass is 16.5. The van der Waals surface area contributed by atoms with Crippen LogP contribution in [0.15, 0.2) is 54.7 Å². The van der Waals surface area contributed by atoms with Crippen LogP contribution in [0.5, 0.6) is 0 Å². The van der Waals surface area contributed by atoms with E-state index in [1.165, 1.54) is 5.56 Å². The third kappa shape index (κ3) is 2.27. The van der Waals surface area contributed by atoms with E-state index in [2.05, 4.69) is 48.1 Å². The molecule has 2 heterocycles. The number of ether oxygens (including phenoxy) is 1. The summed E-state index contributed by atoms with van der Waals surface area (Å²) < 4.78 is 6.22. The molecule has 0 bridgehead atoms. The van der Waals surface area contributed by atoms with Gasteiger partial charge in [-0.3, -0.25) is 9.88 Å². The molecule has 2 aromatic rings. The first-order chi connectivity index (χ1) is 9.27. The molecule has 1 aromatic carbocycles. The summed E-state index contributed by atoms with van der Waals surface area (Å²) in [6.07, 6.45) is 1.84. The zero-order valence-electron chi connectivity index (χ0n) is 11.2. The van der Waals surface area contributed by atoms with E-state index in [1.807, 2.05) is 30.5 Å². The smallest absolute Gasteiger partial charge is 0.154 e. The molecule has 1 aromatic heterocycles. The highest BCUT2D eigenvalue weighted by molar-refractivity contribution is 5.21.